The Kier molecular flexibility index (Phi) is 5.50. The number of halogens is 2. The van der Waals surface area contributed by atoms with Crippen molar-refractivity contribution >= 4 is 35.1 Å². The molecule has 1 aromatic rings. The molecule has 0 aliphatic carbocycles. The summed E-state index contributed by atoms with van der Waals surface area (Å²) in [7, 11) is 0. The number of hydrogen-bond acceptors (Lipinski definition) is 3. The van der Waals surface area contributed by atoms with Crippen LogP contribution in [-0.4, -0.2) is 12.8 Å². The highest BCUT2D eigenvalue weighted by atomic mass is 35.5. The highest BCUT2D eigenvalue weighted by Crippen LogP contribution is 2.24. The number of benzene rings is 1. The monoisotopic (exact) mass is 258 g/mol. The molecule has 1 aliphatic rings. The molecule has 0 radical (unpaired) electrons. The van der Waals surface area contributed by atoms with E-state index in [0.29, 0.717) is 15.7 Å². The molecule has 2 rings (SSSR count). The summed E-state index contributed by atoms with van der Waals surface area (Å²) in [6, 6.07) is 4.64. The first-order chi connectivity index (χ1) is 7.72. The van der Waals surface area contributed by atoms with E-state index in [9.17, 15) is 0 Å². The van der Waals surface area contributed by atoms with E-state index in [-0.39, 0.29) is 0 Å². The molecular weight excluding hydrogens is 251 g/mol. The summed E-state index contributed by atoms with van der Waals surface area (Å²) in [5.74, 6) is 0. The largest absolute Gasteiger partial charge is 0.396 e. The van der Waals surface area contributed by atoms with E-state index in [1.165, 1.54) is 12.1 Å². The van der Waals surface area contributed by atoms with Gasteiger partial charge in [0.05, 0.1) is 0 Å². The fourth-order valence-corrected chi connectivity index (χ4v) is 1.43. The van der Waals surface area contributed by atoms with Gasteiger partial charge in [-0.05, 0) is 23.7 Å². The van der Waals surface area contributed by atoms with Crippen molar-refractivity contribution in [1.82, 2.24) is 0 Å². The van der Waals surface area contributed by atoms with E-state index in [0.717, 1.165) is 13.0 Å². The van der Waals surface area contributed by atoms with E-state index < -0.39 is 0 Å². The number of nitrogens with zero attached hydrogens (tertiary/aromatic N) is 4. The summed E-state index contributed by atoms with van der Waals surface area (Å²) in [5.41, 5.74) is 8.49. The van der Waals surface area contributed by atoms with Crippen LogP contribution in [0.15, 0.2) is 28.5 Å². The van der Waals surface area contributed by atoms with Gasteiger partial charge in [-0.1, -0.05) is 33.5 Å². The van der Waals surface area contributed by atoms with Crippen LogP contribution in [-0.2, 0) is 4.84 Å². The third-order valence-corrected chi connectivity index (χ3v) is 1.93. The normalized spacial score (nSPS) is 12.1. The number of hydrogen-bond donors (Lipinski definition) is 0. The van der Waals surface area contributed by atoms with Gasteiger partial charge in [0, 0.05) is 33.3 Å². The summed E-state index contributed by atoms with van der Waals surface area (Å²) in [5, 5.41) is 7.71. The Morgan fingerprint density at radius 1 is 1.31 bits per heavy atom. The topological polar surface area (TPSA) is 70.3 Å². The average molecular weight is 259 g/mol. The average Bonchev–Trinajstić information content (AvgIpc) is 2.73. The van der Waals surface area contributed by atoms with Crippen molar-refractivity contribution in [1.29, 1.82) is 0 Å². The number of azide groups is 1. The summed E-state index contributed by atoms with van der Waals surface area (Å²) in [4.78, 5) is 7.11. The lowest BCUT2D eigenvalue weighted by molar-refractivity contribution is 0.174. The van der Waals surface area contributed by atoms with E-state index in [1.807, 2.05) is 0 Å². The van der Waals surface area contributed by atoms with Crippen molar-refractivity contribution in [2.24, 2.45) is 10.3 Å². The Morgan fingerprint density at radius 3 is 2.38 bits per heavy atom. The minimum atomic E-state index is 0.421. The molecule has 0 unspecified atom stereocenters. The Hall–Kier alpha value is -1.42. The van der Waals surface area contributed by atoms with Crippen LogP contribution in [0, 0.1) is 0 Å². The van der Waals surface area contributed by atoms with Crippen molar-refractivity contribution in [3.8, 4) is 0 Å². The van der Waals surface area contributed by atoms with E-state index >= 15 is 0 Å². The van der Waals surface area contributed by atoms with Crippen LogP contribution in [0.5, 0.6) is 0 Å². The molecule has 1 aliphatic heterocycles. The number of oxime groups is 1. The SMILES string of the molecule is C1=NOCC1.[N-]=[N+]=Nc1cc(Cl)cc(Cl)c1. The highest BCUT2D eigenvalue weighted by Gasteiger charge is 1.94. The van der Waals surface area contributed by atoms with Gasteiger partial charge in [0.15, 0.2) is 0 Å². The third-order valence-electron chi connectivity index (χ3n) is 1.49. The first kappa shape index (κ1) is 12.6. The lowest BCUT2D eigenvalue weighted by Crippen LogP contribution is -1.72. The predicted molar refractivity (Wildman–Crippen MR) is 64.3 cm³/mol. The van der Waals surface area contributed by atoms with Crippen molar-refractivity contribution in [3.63, 3.8) is 0 Å². The van der Waals surface area contributed by atoms with Gasteiger partial charge in [-0.15, -0.1) is 0 Å². The van der Waals surface area contributed by atoms with Crippen LogP contribution >= 0.6 is 23.2 Å². The molecule has 0 amide bonds. The molecule has 0 N–H and O–H groups in total. The minimum Gasteiger partial charge on any atom is -0.396 e. The van der Waals surface area contributed by atoms with Gasteiger partial charge in [0.2, 0.25) is 0 Å². The summed E-state index contributed by atoms with van der Waals surface area (Å²) in [6.07, 6.45) is 2.75. The van der Waals surface area contributed by atoms with Gasteiger partial charge in [-0.2, -0.15) is 0 Å². The quantitative estimate of drug-likeness (QED) is 0.420. The van der Waals surface area contributed by atoms with Crippen molar-refractivity contribution < 1.29 is 4.84 Å². The smallest absolute Gasteiger partial charge is 0.122 e. The maximum Gasteiger partial charge on any atom is 0.122 e. The molecule has 1 aromatic carbocycles. The van der Waals surface area contributed by atoms with Crippen LogP contribution in [0.2, 0.25) is 10.0 Å². The maximum atomic E-state index is 8.07. The zero-order valence-electron chi connectivity index (χ0n) is 8.18. The molecule has 0 bridgehead atoms. The lowest BCUT2D eigenvalue weighted by atomic mass is 10.3. The van der Waals surface area contributed by atoms with Crippen molar-refractivity contribution in [2.45, 2.75) is 6.42 Å². The minimum absolute atomic E-state index is 0.421. The van der Waals surface area contributed by atoms with Gasteiger partial charge < -0.3 is 4.84 Å². The fraction of sp³-hybridized carbons (Fsp3) is 0.222. The Labute approximate surface area is 102 Å². The van der Waals surface area contributed by atoms with E-state index in [1.54, 1.807) is 12.3 Å². The molecule has 0 saturated heterocycles. The molecule has 0 aromatic heterocycles. The summed E-state index contributed by atoms with van der Waals surface area (Å²) >= 11 is 11.2. The maximum absolute atomic E-state index is 8.07. The Bertz CT molecular complexity index is 403. The zero-order valence-corrected chi connectivity index (χ0v) is 9.69. The molecular formula is C9H8Cl2N4O. The van der Waals surface area contributed by atoms with Crippen molar-refractivity contribution in [2.75, 3.05) is 6.61 Å². The summed E-state index contributed by atoms with van der Waals surface area (Å²) < 4.78 is 0. The molecule has 5 nitrogen and oxygen atoms in total. The van der Waals surface area contributed by atoms with Gasteiger partial charge >= 0.3 is 0 Å². The second-order valence-corrected chi connectivity index (χ2v) is 3.60. The molecule has 16 heavy (non-hydrogen) atoms. The van der Waals surface area contributed by atoms with E-state index in [4.69, 9.17) is 28.7 Å². The molecule has 7 heteroatoms. The van der Waals surface area contributed by atoms with E-state index in [2.05, 4.69) is 20.0 Å². The van der Waals surface area contributed by atoms with Crippen LogP contribution in [0.3, 0.4) is 0 Å². The molecule has 0 fully saturated rings. The van der Waals surface area contributed by atoms with Crippen LogP contribution < -0.4 is 0 Å². The molecule has 1 heterocycles. The Balaban J connectivity index is 0.000000212. The fourth-order valence-electron chi connectivity index (χ4n) is 0.912. The lowest BCUT2D eigenvalue weighted by Gasteiger charge is -1.93. The van der Waals surface area contributed by atoms with Gasteiger partial charge in [0.25, 0.3) is 0 Å². The van der Waals surface area contributed by atoms with Crippen molar-refractivity contribution in [3.05, 3.63) is 38.7 Å². The first-order valence-corrected chi connectivity index (χ1v) is 5.13. The second kappa shape index (κ2) is 6.95. The van der Waals surface area contributed by atoms with Crippen LogP contribution in [0.25, 0.3) is 10.4 Å². The highest BCUT2D eigenvalue weighted by molar-refractivity contribution is 6.35. The molecule has 0 saturated carbocycles. The standard InChI is InChI=1S/C6H3Cl2N3.C3H5NO/c7-4-1-5(8)3-6(2-4)10-11-9;1-2-4-5-3-1/h1-3H;2H,1,3H2. The Morgan fingerprint density at radius 2 is 2.00 bits per heavy atom. The van der Waals surface area contributed by atoms with Crippen LogP contribution in [0.4, 0.5) is 5.69 Å². The zero-order chi connectivity index (χ0) is 11.8. The van der Waals surface area contributed by atoms with Gasteiger partial charge in [0.1, 0.15) is 6.61 Å². The third kappa shape index (κ3) is 4.89. The first-order valence-electron chi connectivity index (χ1n) is 4.37. The molecule has 0 atom stereocenters. The van der Waals surface area contributed by atoms with Gasteiger partial charge in [-0.25, -0.2) is 0 Å². The van der Waals surface area contributed by atoms with Crippen LogP contribution in [0.1, 0.15) is 6.42 Å². The van der Waals surface area contributed by atoms with Gasteiger partial charge in [-0.3, -0.25) is 0 Å². The predicted octanol–water partition coefficient (Wildman–Crippen LogP) is 4.33. The molecule has 0 spiro atoms. The second-order valence-electron chi connectivity index (χ2n) is 2.73. The summed E-state index contributed by atoms with van der Waals surface area (Å²) in [6.45, 7) is 0.778. The molecule has 84 valence electrons. The number of rotatable bonds is 1.